The summed E-state index contributed by atoms with van der Waals surface area (Å²) < 4.78 is 0. The number of nitrogens with two attached hydrogens (primary N) is 1. The van der Waals surface area contributed by atoms with Crippen LogP contribution >= 0.6 is 35.6 Å². The van der Waals surface area contributed by atoms with Crippen LogP contribution in [0.4, 0.5) is 5.69 Å². The van der Waals surface area contributed by atoms with Gasteiger partial charge >= 0.3 is 0 Å². The average Bonchev–Trinajstić information content (AvgIpc) is 2.31. The summed E-state index contributed by atoms with van der Waals surface area (Å²) in [5, 5.41) is 3.77. The van der Waals surface area contributed by atoms with Crippen LogP contribution in [0.2, 0.25) is 10.0 Å². The molecule has 1 rings (SSSR count). The number of carbonyl (C=O) groups is 1. The molecule has 7 heteroatoms. The van der Waals surface area contributed by atoms with Gasteiger partial charge in [-0.05, 0) is 45.0 Å². The Labute approximate surface area is 148 Å². The van der Waals surface area contributed by atoms with Crippen LogP contribution in [-0.2, 0) is 4.79 Å². The van der Waals surface area contributed by atoms with Crippen LogP contribution in [0.15, 0.2) is 18.2 Å². The van der Waals surface area contributed by atoms with E-state index in [-0.39, 0.29) is 30.4 Å². The van der Waals surface area contributed by atoms with E-state index in [2.05, 4.69) is 12.2 Å². The zero-order valence-corrected chi connectivity index (χ0v) is 15.5. The van der Waals surface area contributed by atoms with Gasteiger partial charge in [0, 0.05) is 17.1 Å². The minimum absolute atomic E-state index is 0. The SMILES string of the molecule is CCCN(CC(=O)Nc1ccc(Cl)cc1Cl)CC(C)(C)N.Cl. The number of halogens is 3. The third kappa shape index (κ3) is 8.20. The molecule has 0 saturated heterocycles. The van der Waals surface area contributed by atoms with Gasteiger partial charge in [-0.25, -0.2) is 0 Å². The first-order valence-corrected chi connectivity index (χ1v) is 7.73. The molecule has 1 aromatic carbocycles. The van der Waals surface area contributed by atoms with Crippen molar-refractivity contribution in [3.63, 3.8) is 0 Å². The number of amides is 1. The molecule has 0 unspecified atom stereocenters. The molecular weight excluding hydrogens is 345 g/mol. The van der Waals surface area contributed by atoms with E-state index in [9.17, 15) is 4.79 Å². The molecule has 1 aromatic rings. The number of rotatable bonds is 7. The highest BCUT2D eigenvalue weighted by Crippen LogP contribution is 2.25. The summed E-state index contributed by atoms with van der Waals surface area (Å²) in [5.74, 6) is -0.114. The monoisotopic (exact) mass is 367 g/mol. The molecule has 4 nitrogen and oxygen atoms in total. The second kappa shape index (κ2) is 9.58. The number of nitrogens with zero attached hydrogens (tertiary/aromatic N) is 1. The fourth-order valence-electron chi connectivity index (χ4n) is 2.09. The van der Waals surface area contributed by atoms with Gasteiger partial charge in [-0.3, -0.25) is 9.69 Å². The summed E-state index contributed by atoms with van der Waals surface area (Å²) >= 11 is 11.9. The van der Waals surface area contributed by atoms with Crippen molar-refractivity contribution in [3.05, 3.63) is 28.2 Å². The molecule has 3 N–H and O–H groups in total. The predicted octanol–water partition coefficient (Wildman–Crippen LogP) is 3.80. The van der Waals surface area contributed by atoms with Crippen LogP contribution in [0.1, 0.15) is 27.2 Å². The summed E-state index contributed by atoms with van der Waals surface area (Å²) in [6.45, 7) is 7.73. The maximum Gasteiger partial charge on any atom is 0.238 e. The molecule has 0 radical (unpaired) electrons. The minimum atomic E-state index is -0.340. The van der Waals surface area contributed by atoms with Crippen molar-refractivity contribution >= 4 is 47.2 Å². The molecule has 0 heterocycles. The molecule has 126 valence electrons. The van der Waals surface area contributed by atoms with E-state index in [1.165, 1.54) is 0 Å². The fourth-order valence-corrected chi connectivity index (χ4v) is 2.55. The summed E-state index contributed by atoms with van der Waals surface area (Å²) in [6, 6.07) is 4.99. The Bertz CT molecular complexity index is 489. The lowest BCUT2D eigenvalue weighted by Crippen LogP contribution is -2.47. The summed E-state index contributed by atoms with van der Waals surface area (Å²) in [5.41, 5.74) is 6.25. The van der Waals surface area contributed by atoms with Crippen molar-refractivity contribution in [1.29, 1.82) is 0 Å². The smallest absolute Gasteiger partial charge is 0.238 e. The molecule has 0 fully saturated rings. The van der Waals surface area contributed by atoms with Gasteiger partial charge in [0.15, 0.2) is 0 Å². The van der Waals surface area contributed by atoms with Crippen molar-refractivity contribution in [2.75, 3.05) is 25.0 Å². The van der Waals surface area contributed by atoms with Crippen molar-refractivity contribution < 1.29 is 4.79 Å². The Kier molecular flexibility index (Phi) is 9.35. The third-order valence-electron chi connectivity index (χ3n) is 2.74. The number of nitrogens with one attached hydrogen (secondary N) is 1. The second-order valence-corrected chi connectivity index (χ2v) is 6.72. The van der Waals surface area contributed by atoms with Crippen LogP contribution in [0, 0.1) is 0 Å². The highest BCUT2D eigenvalue weighted by molar-refractivity contribution is 6.36. The van der Waals surface area contributed by atoms with E-state index in [1.54, 1.807) is 18.2 Å². The van der Waals surface area contributed by atoms with Crippen molar-refractivity contribution in [3.8, 4) is 0 Å². The van der Waals surface area contributed by atoms with Crippen molar-refractivity contribution in [2.45, 2.75) is 32.7 Å². The maximum atomic E-state index is 12.1. The zero-order valence-electron chi connectivity index (χ0n) is 13.2. The average molecular weight is 369 g/mol. The zero-order chi connectivity index (χ0) is 16.0. The molecular formula is C15H24Cl3N3O. The van der Waals surface area contributed by atoms with Crippen LogP contribution < -0.4 is 11.1 Å². The van der Waals surface area contributed by atoms with Gasteiger partial charge in [-0.15, -0.1) is 12.4 Å². The fraction of sp³-hybridized carbons (Fsp3) is 0.533. The maximum absolute atomic E-state index is 12.1. The molecule has 1 amide bonds. The van der Waals surface area contributed by atoms with Gasteiger partial charge in [0.05, 0.1) is 17.3 Å². The Morgan fingerprint density at radius 3 is 2.50 bits per heavy atom. The van der Waals surface area contributed by atoms with E-state index < -0.39 is 0 Å². The molecule has 0 aliphatic heterocycles. The van der Waals surface area contributed by atoms with Gasteiger partial charge in [0.2, 0.25) is 5.91 Å². The van der Waals surface area contributed by atoms with Crippen LogP contribution in [0.5, 0.6) is 0 Å². The highest BCUT2D eigenvalue weighted by Gasteiger charge is 2.18. The Morgan fingerprint density at radius 2 is 2.00 bits per heavy atom. The Balaban J connectivity index is 0.00000441. The first-order chi connectivity index (χ1) is 9.71. The molecule has 0 aliphatic rings. The summed E-state index contributed by atoms with van der Waals surface area (Å²) in [7, 11) is 0. The normalized spacial score (nSPS) is 11.2. The molecule has 0 saturated carbocycles. The molecule has 22 heavy (non-hydrogen) atoms. The summed E-state index contributed by atoms with van der Waals surface area (Å²) in [4.78, 5) is 14.2. The molecule has 0 bridgehead atoms. The first kappa shape index (κ1) is 21.5. The van der Waals surface area contributed by atoms with Crippen LogP contribution in [0.25, 0.3) is 0 Å². The van der Waals surface area contributed by atoms with Crippen LogP contribution in [-0.4, -0.2) is 36.0 Å². The van der Waals surface area contributed by atoms with E-state index in [1.807, 2.05) is 18.7 Å². The number of hydrogen-bond acceptors (Lipinski definition) is 3. The van der Waals surface area contributed by atoms with Gasteiger partial charge in [0.1, 0.15) is 0 Å². The Morgan fingerprint density at radius 1 is 1.36 bits per heavy atom. The van der Waals surface area contributed by atoms with Crippen LogP contribution in [0.3, 0.4) is 0 Å². The summed E-state index contributed by atoms with van der Waals surface area (Å²) in [6.07, 6.45) is 0.963. The van der Waals surface area contributed by atoms with Gasteiger partial charge in [0.25, 0.3) is 0 Å². The number of carbonyl (C=O) groups excluding carboxylic acids is 1. The van der Waals surface area contributed by atoms with Crippen molar-refractivity contribution in [1.82, 2.24) is 4.90 Å². The van der Waals surface area contributed by atoms with E-state index in [0.717, 1.165) is 13.0 Å². The lowest BCUT2D eigenvalue weighted by molar-refractivity contribution is -0.117. The largest absolute Gasteiger partial charge is 0.324 e. The van der Waals surface area contributed by atoms with E-state index >= 15 is 0 Å². The highest BCUT2D eigenvalue weighted by atomic mass is 35.5. The van der Waals surface area contributed by atoms with E-state index in [0.29, 0.717) is 22.3 Å². The molecule has 0 aliphatic carbocycles. The third-order valence-corrected chi connectivity index (χ3v) is 3.29. The minimum Gasteiger partial charge on any atom is -0.324 e. The second-order valence-electron chi connectivity index (χ2n) is 5.87. The van der Waals surface area contributed by atoms with Crippen molar-refractivity contribution in [2.24, 2.45) is 5.73 Å². The lowest BCUT2D eigenvalue weighted by Gasteiger charge is -2.29. The predicted molar refractivity (Wildman–Crippen MR) is 97.3 cm³/mol. The number of anilines is 1. The number of benzene rings is 1. The van der Waals surface area contributed by atoms with Gasteiger partial charge in [-0.1, -0.05) is 30.1 Å². The number of hydrogen-bond donors (Lipinski definition) is 2. The lowest BCUT2D eigenvalue weighted by atomic mass is 10.1. The Hall–Kier alpha value is -0.520. The molecule has 0 aromatic heterocycles. The van der Waals surface area contributed by atoms with Gasteiger partial charge in [-0.2, -0.15) is 0 Å². The van der Waals surface area contributed by atoms with Gasteiger partial charge < -0.3 is 11.1 Å². The quantitative estimate of drug-likeness (QED) is 0.769. The van der Waals surface area contributed by atoms with E-state index in [4.69, 9.17) is 28.9 Å². The first-order valence-electron chi connectivity index (χ1n) is 6.97. The molecule has 0 atom stereocenters. The molecule has 0 spiro atoms. The standard InChI is InChI=1S/C15H23Cl2N3O.ClH/c1-4-7-20(10-15(2,3)18)9-14(21)19-13-6-5-11(16)8-12(13)17;/h5-6,8H,4,7,9-10,18H2,1-3H3,(H,19,21);1H. The topological polar surface area (TPSA) is 58.4 Å².